The average Bonchev–Trinajstić information content (AvgIpc) is 3.02. The van der Waals surface area contributed by atoms with Crippen molar-refractivity contribution in [1.82, 2.24) is 14.5 Å². The van der Waals surface area contributed by atoms with Crippen LogP contribution in [0.3, 0.4) is 0 Å². The lowest BCUT2D eigenvalue weighted by atomic mass is 10.1. The number of anilines is 1. The summed E-state index contributed by atoms with van der Waals surface area (Å²) < 4.78 is 34.1. The van der Waals surface area contributed by atoms with E-state index in [1.165, 1.54) is 31.4 Å². The van der Waals surface area contributed by atoms with Gasteiger partial charge in [-0.15, -0.1) is 0 Å². The molecule has 1 unspecified atom stereocenters. The topological polar surface area (TPSA) is 102 Å². The lowest BCUT2D eigenvalue weighted by molar-refractivity contribution is 0.187. The van der Waals surface area contributed by atoms with E-state index in [1.54, 1.807) is 6.20 Å². The molecule has 1 aliphatic heterocycles. The average molecular weight is 350 g/mol. The zero-order valence-corrected chi connectivity index (χ0v) is 13.9. The number of amides is 1. The largest absolute Gasteiger partial charge is 0.453 e. The molecule has 1 atom stereocenters. The molecule has 0 saturated carbocycles. The molecule has 0 saturated heterocycles. The molecule has 8 nitrogen and oxygen atoms in total. The Labute approximate surface area is 139 Å². The summed E-state index contributed by atoms with van der Waals surface area (Å²) in [7, 11) is -2.36. The highest BCUT2D eigenvalue weighted by Crippen LogP contribution is 2.18. The second kappa shape index (κ2) is 6.62. The molecule has 0 radical (unpaired) electrons. The third-order valence-electron chi connectivity index (χ3n) is 3.87. The van der Waals surface area contributed by atoms with Crippen LogP contribution in [0, 0.1) is 0 Å². The minimum absolute atomic E-state index is 0.150. The number of aromatic nitrogens is 2. The number of rotatable bonds is 4. The van der Waals surface area contributed by atoms with Crippen LogP contribution in [0.2, 0.25) is 0 Å². The molecule has 2 heterocycles. The Bertz CT molecular complexity index is 829. The number of sulfonamides is 1. The molecule has 1 aromatic carbocycles. The normalized spacial score (nSPS) is 17.1. The van der Waals surface area contributed by atoms with E-state index >= 15 is 0 Å². The fourth-order valence-corrected chi connectivity index (χ4v) is 3.91. The Kier molecular flexibility index (Phi) is 4.54. The van der Waals surface area contributed by atoms with Crippen LogP contribution in [-0.2, 0) is 27.7 Å². The van der Waals surface area contributed by atoms with Crippen molar-refractivity contribution in [3.63, 3.8) is 0 Å². The van der Waals surface area contributed by atoms with Gasteiger partial charge < -0.3 is 4.74 Å². The number of nitrogens with one attached hydrogen (secondary N) is 2. The van der Waals surface area contributed by atoms with Gasteiger partial charge in [-0.1, -0.05) is 0 Å². The van der Waals surface area contributed by atoms with E-state index in [-0.39, 0.29) is 10.9 Å². The predicted molar refractivity (Wildman–Crippen MR) is 87.1 cm³/mol. The lowest BCUT2D eigenvalue weighted by Gasteiger charge is -2.24. The van der Waals surface area contributed by atoms with Gasteiger partial charge in [0, 0.05) is 36.6 Å². The van der Waals surface area contributed by atoms with Crippen molar-refractivity contribution in [3.05, 3.63) is 42.2 Å². The molecule has 0 fully saturated rings. The first-order valence-corrected chi connectivity index (χ1v) is 8.94. The van der Waals surface area contributed by atoms with Gasteiger partial charge in [-0.3, -0.25) is 10.00 Å². The number of nitrogens with zero attached hydrogens (tertiary/aromatic N) is 2. The molecule has 1 amide bonds. The van der Waals surface area contributed by atoms with Crippen molar-refractivity contribution in [1.29, 1.82) is 0 Å². The van der Waals surface area contributed by atoms with Gasteiger partial charge in [0.05, 0.1) is 12.0 Å². The maximum absolute atomic E-state index is 12.5. The van der Waals surface area contributed by atoms with Crippen molar-refractivity contribution in [2.24, 2.45) is 0 Å². The summed E-state index contributed by atoms with van der Waals surface area (Å²) in [5, 5.41) is 6.65. The van der Waals surface area contributed by atoms with Crippen molar-refractivity contribution < 1.29 is 17.9 Å². The number of methoxy groups -OCH3 is 1. The van der Waals surface area contributed by atoms with Crippen LogP contribution in [0.1, 0.15) is 12.1 Å². The highest BCUT2D eigenvalue weighted by molar-refractivity contribution is 7.89. The Hall–Kier alpha value is -2.39. The number of carbonyl (C=O) groups is 1. The van der Waals surface area contributed by atoms with E-state index in [0.29, 0.717) is 25.1 Å². The lowest BCUT2D eigenvalue weighted by Crippen LogP contribution is -2.40. The van der Waals surface area contributed by atoms with Crippen LogP contribution in [0.15, 0.2) is 41.4 Å². The summed E-state index contributed by atoms with van der Waals surface area (Å²) in [6, 6.07) is 7.66. The van der Waals surface area contributed by atoms with Gasteiger partial charge in [0.1, 0.15) is 0 Å². The molecule has 24 heavy (non-hydrogen) atoms. The van der Waals surface area contributed by atoms with E-state index in [0.717, 1.165) is 5.69 Å². The first kappa shape index (κ1) is 16.5. The molecule has 3 rings (SSSR count). The maximum atomic E-state index is 12.5. The SMILES string of the molecule is COC(=O)Nc1ccc(S(=O)(=O)NC2CCn3nccc3C2)cc1. The quantitative estimate of drug-likeness (QED) is 0.867. The third-order valence-corrected chi connectivity index (χ3v) is 5.40. The molecule has 9 heteroatoms. The van der Waals surface area contributed by atoms with Gasteiger partial charge in [0.25, 0.3) is 0 Å². The van der Waals surface area contributed by atoms with Gasteiger partial charge >= 0.3 is 6.09 Å². The second-order valence-electron chi connectivity index (χ2n) is 5.50. The highest BCUT2D eigenvalue weighted by Gasteiger charge is 2.24. The number of ether oxygens (including phenoxy) is 1. The van der Waals surface area contributed by atoms with Gasteiger partial charge in [0.2, 0.25) is 10.0 Å². The van der Waals surface area contributed by atoms with E-state index < -0.39 is 16.1 Å². The zero-order valence-electron chi connectivity index (χ0n) is 13.1. The third kappa shape index (κ3) is 3.57. The van der Waals surface area contributed by atoms with Crippen molar-refractivity contribution >= 4 is 21.8 Å². The monoisotopic (exact) mass is 350 g/mol. The van der Waals surface area contributed by atoms with Crippen LogP contribution >= 0.6 is 0 Å². The van der Waals surface area contributed by atoms with Gasteiger partial charge in [-0.05, 0) is 36.8 Å². The number of aryl methyl sites for hydroxylation is 1. The number of hydrogen-bond acceptors (Lipinski definition) is 5. The molecule has 128 valence electrons. The van der Waals surface area contributed by atoms with Crippen LogP contribution in [0.25, 0.3) is 0 Å². The first-order chi connectivity index (χ1) is 11.5. The van der Waals surface area contributed by atoms with Gasteiger partial charge in [-0.2, -0.15) is 5.10 Å². The van der Waals surface area contributed by atoms with Crippen molar-refractivity contribution in [3.8, 4) is 0 Å². The maximum Gasteiger partial charge on any atom is 0.411 e. The number of hydrogen-bond donors (Lipinski definition) is 2. The minimum Gasteiger partial charge on any atom is -0.453 e. The number of fused-ring (bicyclic) bond motifs is 1. The summed E-state index contributed by atoms with van der Waals surface area (Å²) in [4.78, 5) is 11.3. The summed E-state index contributed by atoms with van der Waals surface area (Å²) in [5.74, 6) is 0. The van der Waals surface area contributed by atoms with Gasteiger partial charge in [0.15, 0.2) is 0 Å². The summed E-state index contributed by atoms with van der Waals surface area (Å²) in [6.45, 7) is 0.692. The smallest absolute Gasteiger partial charge is 0.411 e. The fraction of sp³-hybridized carbons (Fsp3) is 0.333. The van der Waals surface area contributed by atoms with Crippen LogP contribution in [0.5, 0.6) is 0 Å². The number of carbonyl (C=O) groups excluding carboxylic acids is 1. The van der Waals surface area contributed by atoms with E-state index in [1.807, 2.05) is 10.7 Å². The molecule has 2 aromatic rings. The number of benzene rings is 1. The Morgan fingerprint density at radius 3 is 2.75 bits per heavy atom. The van der Waals surface area contributed by atoms with Crippen LogP contribution in [-0.4, -0.2) is 37.4 Å². The molecule has 2 N–H and O–H groups in total. The summed E-state index contributed by atoms with van der Waals surface area (Å²) in [5.41, 5.74) is 1.48. The molecular formula is C15H18N4O4S. The molecule has 0 aliphatic carbocycles. The molecule has 0 spiro atoms. The molecule has 1 aliphatic rings. The fourth-order valence-electron chi connectivity index (χ4n) is 2.64. The summed E-state index contributed by atoms with van der Waals surface area (Å²) >= 11 is 0. The van der Waals surface area contributed by atoms with Gasteiger partial charge in [-0.25, -0.2) is 17.9 Å². The van der Waals surface area contributed by atoms with E-state index in [2.05, 4.69) is 19.9 Å². The second-order valence-corrected chi connectivity index (χ2v) is 7.21. The van der Waals surface area contributed by atoms with Crippen LogP contribution in [0.4, 0.5) is 10.5 Å². The minimum atomic E-state index is -3.62. The predicted octanol–water partition coefficient (Wildman–Crippen LogP) is 1.35. The van der Waals surface area contributed by atoms with E-state index in [9.17, 15) is 13.2 Å². The Morgan fingerprint density at radius 1 is 1.29 bits per heavy atom. The molecule has 0 bridgehead atoms. The Balaban J connectivity index is 1.68. The standard InChI is InChI=1S/C15H18N4O4S/c1-23-15(20)17-11-2-4-14(5-3-11)24(21,22)18-12-7-9-19-13(10-12)6-8-16-19/h2-6,8,12,18H,7,9-10H2,1H3,(H,17,20). The summed E-state index contributed by atoms with van der Waals surface area (Å²) in [6.07, 6.45) is 2.42. The molecular weight excluding hydrogens is 332 g/mol. The van der Waals surface area contributed by atoms with Crippen LogP contribution < -0.4 is 10.0 Å². The Morgan fingerprint density at radius 2 is 2.04 bits per heavy atom. The zero-order chi connectivity index (χ0) is 17.2. The molecule has 1 aromatic heterocycles. The van der Waals surface area contributed by atoms with Crippen molar-refractivity contribution in [2.45, 2.75) is 30.3 Å². The highest BCUT2D eigenvalue weighted by atomic mass is 32.2. The first-order valence-electron chi connectivity index (χ1n) is 7.46. The van der Waals surface area contributed by atoms with Crippen molar-refractivity contribution in [2.75, 3.05) is 12.4 Å². The van der Waals surface area contributed by atoms with E-state index in [4.69, 9.17) is 0 Å².